The SMILES string of the molecule is CC.CC(=O)CC(C)(C)c1c(C)cc(C)cc1OC(=O)NC(C)C(=O)O. The molecule has 0 radical (unpaired) electrons. The topological polar surface area (TPSA) is 92.7 Å². The first kappa shape index (κ1) is 23.6. The van der Waals surface area contributed by atoms with Gasteiger partial charge in [0, 0.05) is 17.4 Å². The number of ether oxygens (including phenoxy) is 1. The minimum Gasteiger partial charge on any atom is -0.480 e. The van der Waals surface area contributed by atoms with Crippen LogP contribution in [0.25, 0.3) is 0 Å². The third-order valence-electron chi connectivity index (χ3n) is 3.72. The number of amides is 1. The summed E-state index contributed by atoms with van der Waals surface area (Å²) in [6.07, 6.45) is -0.532. The number of aliphatic carboxylic acids is 1. The van der Waals surface area contributed by atoms with Crippen LogP contribution >= 0.6 is 0 Å². The standard InChI is InChI=1S/C18H25NO5.C2H6/c1-10-7-11(2)15(18(5,6)9-12(3)20)14(8-10)24-17(23)19-13(4)16(21)22;1-2/h7-8,13H,9H2,1-6H3,(H,19,23)(H,21,22);1-2H3. The second kappa shape index (κ2) is 9.94. The number of carbonyl (C=O) groups excluding carboxylic acids is 2. The highest BCUT2D eigenvalue weighted by atomic mass is 16.6. The lowest BCUT2D eigenvalue weighted by Crippen LogP contribution is -2.40. The quantitative estimate of drug-likeness (QED) is 0.790. The predicted molar refractivity (Wildman–Crippen MR) is 102 cm³/mol. The minimum atomic E-state index is -1.15. The normalized spacial score (nSPS) is 11.7. The van der Waals surface area contributed by atoms with Gasteiger partial charge in [0.05, 0.1) is 0 Å². The zero-order valence-corrected chi connectivity index (χ0v) is 17.0. The maximum Gasteiger partial charge on any atom is 0.413 e. The molecule has 26 heavy (non-hydrogen) atoms. The van der Waals surface area contributed by atoms with E-state index in [-0.39, 0.29) is 5.78 Å². The number of nitrogens with one attached hydrogen (secondary N) is 1. The van der Waals surface area contributed by atoms with E-state index in [0.29, 0.717) is 12.2 Å². The first-order valence-corrected chi connectivity index (χ1v) is 8.76. The maximum atomic E-state index is 12.0. The number of ketones is 1. The predicted octanol–water partition coefficient (Wildman–Crippen LogP) is 4.15. The number of Topliss-reactive ketones (excluding diaryl/α,β-unsaturated/α-hetero) is 1. The van der Waals surface area contributed by atoms with Gasteiger partial charge in [-0.15, -0.1) is 0 Å². The lowest BCUT2D eigenvalue weighted by atomic mass is 9.77. The minimum absolute atomic E-state index is 0.0369. The number of carbonyl (C=O) groups is 3. The van der Waals surface area contributed by atoms with Crippen molar-refractivity contribution < 1.29 is 24.2 Å². The molecule has 1 amide bonds. The van der Waals surface area contributed by atoms with E-state index in [1.165, 1.54) is 13.8 Å². The molecule has 2 N–H and O–H groups in total. The fourth-order valence-electron chi connectivity index (χ4n) is 2.95. The van der Waals surface area contributed by atoms with Crippen LogP contribution in [-0.4, -0.2) is 29.0 Å². The first-order chi connectivity index (χ1) is 11.9. The van der Waals surface area contributed by atoms with Crippen LogP contribution in [0.3, 0.4) is 0 Å². The van der Waals surface area contributed by atoms with Gasteiger partial charge in [-0.3, -0.25) is 9.59 Å². The number of aryl methyl sites for hydroxylation is 2. The smallest absolute Gasteiger partial charge is 0.413 e. The van der Waals surface area contributed by atoms with Crippen molar-refractivity contribution in [1.29, 1.82) is 0 Å². The van der Waals surface area contributed by atoms with E-state index >= 15 is 0 Å². The fourth-order valence-corrected chi connectivity index (χ4v) is 2.95. The highest BCUT2D eigenvalue weighted by Gasteiger charge is 2.29. The van der Waals surface area contributed by atoms with Gasteiger partial charge in [-0.05, 0) is 44.9 Å². The molecular formula is C20H31NO5. The number of hydrogen-bond acceptors (Lipinski definition) is 4. The highest BCUT2D eigenvalue weighted by molar-refractivity contribution is 5.81. The molecule has 0 bridgehead atoms. The Kier molecular flexibility index (Phi) is 9.04. The molecule has 0 heterocycles. The molecular weight excluding hydrogens is 334 g/mol. The first-order valence-electron chi connectivity index (χ1n) is 8.76. The van der Waals surface area contributed by atoms with Crippen LogP contribution in [0, 0.1) is 13.8 Å². The van der Waals surface area contributed by atoms with Crippen LogP contribution in [0.4, 0.5) is 4.79 Å². The number of carboxylic acid groups (broad SMARTS) is 1. The highest BCUT2D eigenvalue weighted by Crippen LogP contribution is 2.38. The van der Waals surface area contributed by atoms with Crippen LogP contribution in [0.5, 0.6) is 5.75 Å². The Balaban J connectivity index is 0.00000301. The molecule has 0 saturated heterocycles. The van der Waals surface area contributed by atoms with E-state index in [1.54, 1.807) is 6.07 Å². The Labute approximate surface area is 155 Å². The lowest BCUT2D eigenvalue weighted by molar-refractivity contribution is -0.138. The third kappa shape index (κ3) is 6.86. The lowest BCUT2D eigenvalue weighted by Gasteiger charge is -2.28. The molecule has 1 atom stereocenters. The molecule has 0 aromatic heterocycles. The largest absolute Gasteiger partial charge is 0.480 e. The van der Waals surface area contributed by atoms with E-state index in [2.05, 4.69) is 5.32 Å². The summed E-state index contributed by atoms with van der Waals surface area (Å²) < 4.78 is 5.37. The van der Waals surface area contributed by atoms with Gasteiger partial charge in [-0.2, -0.15) is 0 Å². The summed E-state index contributed by atoms with van der Waals surface area (Å²) >= 11 is 0. The molecule has 1 rings (SSSR count). The molecule has 0 aliphatic heterocycles. The third-order valence-corrected chi connectivity index (χ3v) is 3.72. The molecule has 0 fully saturated rings. The van der Waals surface area contributed by atoms with Crippen molar-refractivity contribution in [3.05, 3.63) is 28.8 Å². The molecule has 1 aromatic rings. The summed E-state index contributed by atoms with van der Waals surface area (Å²) in [7, 11) is 0. The van der Waals surface area contributed by atoms with Gasteiger partial charge < -0.3 is 15.2 Å². The molecule has 0 spiro atoms. The number of rotatable bonds is 6. The zero-order chi connectivity index (χ0) is 20.7. The fraction of sp³-hybridized carbons (Fsp3) is 0.550. The van der Waals surface area contributed by atoms with E-state index in [0.717, 1.165) is 16.7 Å². The zero-order valence-electron chi connectivity index (χ0n) is 17.0. The molecule has 0 saturated carbocycles. The Morgan fingerprint density at radius 1 is 1.19 bits per heavy atom. The summed E-state index contributed by atoms with van der Waals surface area (Å²) in [4.78, 5) is 34.4. The molecule has 6 nitrogen and oxygen atoms in total. The van der Waals surface area contributed by atoms with Crippen LogP contribution in [0.1, 0.15) is 64.7 Å². The van der Waals surface area contributed by atoms with Crippen molar-refractivity contribution in [2.45, 2.75) is 73.3 Å². The van der Waals surface area contributed by atoms with E-state index in [4.69, 9.17) is 9.84 Å². The maximum absolute atomic E-state index is 12.0. The second-order valence-electron chi connectivity index (χ2n) is 6.81. The Morgan fingerprint density at radius 3 is 2.19 bits per heavy atom. The number of benzene rings is 1. The molecule has 1 unspecified atom stereocenters. The Hall–Kier alpha value is -2.37. The van der Waals surface area contributed by atoms with Gasteiger partial charge in [0.1, 0.15) is 17.6 Å². The average molecular weight is 365 g/mol. The van der Waals surface area contributed by atoms with Gasteiger partial charge in [0.2, 0.25) is 0 Å². The number of carboxylic acids is 1. The summed E-state index contributed by atoms with van der Waals surface area (Å²) in [5.41, 5.74) is 2.07. The molecule has 0 aliphatic carbocycles. The molecule has 146 valence electrons. The number of hydrogen-bond donors (Lipinski definition) is 2. The van der Waals surface area contributed by atoms with E-state index in [1.807, 2.05) is 47.6 Å². The van der Waals surface area contributed by atoms with Crippen molar-refractivity contribution in [3.8, 4) is 5.75 Å². The monoisotopic (exact) mass is 365 g/mol. The van der Waals surface area contributed by atoms with Crippen LogP contribution in [-0.2, 0) is 15.0 Å². The Bertz CT molecular complexity index is 664. The van der Waals surface area contributed by atoms with Crippen molar-refractivity contribution >= 4 is 17.8 Å². The van der Waals surface area contributed by atoms with E-state index < -0.39 is 23.5 Å². The second-order valence-corrected chi connectivity index (χ2v) is 6.81. The van der Waals surface area contributed by atoms with Crippen molar-refractivity contribution in [1.82, 2.24) is 5.32 Å². The molecule has 6 heteroatoms. The van der Waals surface area contributed by atoms with Crippen LogP contribution < -0.4 is 10.1 Å². The Morgan fingerprint density at radius 2 is 1.73 bits per heavy atom. The van der Waals surface area contributed by atoms with Gasteiger partial charge in [0.15, 0.2) is 0 Å². The van der Waals surface area contributed by atoms with Gasteiger partial charge in [-0.25, -0.2) is 4.79 Å². The molecule has 0 aliphatic rings. The summed E-state index contributed by atoms with van der Waals surface area (Å²) in [6.45, 7) is 14.5. The van der Waals surface area contributed by atoms with Gasteiger partial charge in [0.25, 0.3) is 0 Å². The summed E-state index contributed by atoms with van der Waals surface area (Å²) in [6, 6.07) is 2.62. The van der Waals surface area contributed by atoms with Crippen LogP contribution in [0.15, 0.2) is 12.1 Å². The van der Waals surface area contributed by atoms with Crippen molar-refractivity contribution in [3.63, 3.8) is 0 Å². The van der Waals surface area contributed by atoms with Gasteiger partial charge in [-0.1, -0.05) is 33.8 Å². The van der Waals surface area contributed by atoms with Crippen LogP contribution in [0.2, 0.25) is 0 Å². The van der Waals surface area contributed by atoms with Crippen molar-refractivity contribution in [2.75, 3.05) is 0 Å². The van der Waals surface area contributed by atoms with Gasteiger partial charge >= 0.3 is 12.1 Å². The molecule has 1 aromatic carbocycles. The average Bonchev–Trinajstić information content (AvgIpc) is 2.46. The summed E-state index contributed by atoms with van der Waals surface area (Å²) in [5.74, 6) is -0.770. The summed E-state index contributed by atoms with van der Waals surface area (Å²) in [5, 5.41) is 11.1. The van der Waals surface area contributed by atoms with E-state index in [9.17, 15) is 14.4 Å². The van der Waals surface area contributed by atoms with Crippen molar-refractivity contribution in [2.24, 2.45) is 0 Å².